The van der Waals surface area contributed by atoms with Crippen LogP contribution in [0.5, 0.6) is 0 Å². The smallest absolute Gasteiger partial charge is 0.303 e. The summed E-state index contributed by atoms with van der Waals surface area (Å²) in [4.78, 5) is 36.6. The largest absolute Gasteiger partial charge is 0.481 e. The second kappa shape index (κ2) is 11.3. The van der Waals surface area contributed by atoms with Crippen LogP contribution in [0.4, 0.5) is 0 Å². The quantitative estimate of drug-likeness (QED) is 0.243. The fraction of sp³-hybridized carbons (Fsp3) is 0.370. The van der Waals surface area contributed by atoms with E-state index in [2.05, 4.69) is 0 Å². The highest BCUT2D eigenvalue weighted by molar-refractivity contribution is 6.31. The number of carboxylic acids is 1. The first-order valence-electron chi connectivity index (χ1n) is 11.4. The lowest BCUT2D eigenvalue weighted by Gasteiger charge is -2.11. The Morgan fingerprint density at radius 2 is 1.70 bits per heavy atom. The van der Waals surface area contributed by atoms with E-state index < -0.39 is 5.97 Å². The molecule has 1 N–H and O–H groups in total. The molecule has 0 aliphatic rings. The number of Topliss-reactive ketones (excluding diaryl/α,β-unsaturated/α-hetero) is 2. The van der Waals surface area contributed by atoms with E-state index in [9.17, 15) is 14.4 Å². The van der Waals surface area contributed by atoms with Crippen LogP contribution in [-0.4, -0.2) is 27.2 Å². The highest BCUT2D eigenvalue weighted by atomic mass is 35.5. The van der Waals surface area contributed by atoms with E-state index in [1.54, 1.807) is 6.92 Å². The minimum atomic E-state index is -0.901. The Bertz CT molecular complexity index is 1150. The summed E-state index contributed by atoms with van der Waals surface area (Å²) in [5.41, 5.74) is 3.26. The first kappa shape index (κ1) is 24.7. The maximum Gasteiger partial charge on any atom is 0.303 e. The molecule has 2 aromatic carbocycles. The molecule has 0 spiro atoms. The molecule has 0 aliphatic carbocycles. The molecule has 3 aromatic rings. The number of carbonyl (C=O) groups excluding carboxylic acids is 2. The van der Waals surface area contributed by atoms with Crippen LogP contribution in [0.1, 0.15) is 71.9 Å². The van der Waals surface area contributed by atoms with E-state index in [4.69, 9.17) is 16.7 Å². The predicted molar refractivity (Wildman–Crippen MR) is 131 cm³/mol. The highest BCUT2D eigenvalue weighted by Crippen LogP contribution is 2.31. The van der Waals surface area contributed by atoms with Crippen LogP contribution >= 0.6 is 11.6 Å². The van der Waals surface area contributed by atoms with Gasteiger partial charge in [-0.05, 0) is 43.4 Å². The third-order valence-corrected chi connectivity index (χ3v) is 6.27. The summed E-state index contributed by atoms with van der Waals surface area (Å²) in [6.45, 7) is 1.79. The van der Waals surface area contributed by atoms with Crippen molar-refractivity contribution in [2.75, 3.05) is 0 Å². The Balaban J connectivity index is 1.71. The molecule has 0 radical (unpaired) electrons. The van der Waals surface area contributed by atoms with Crippen molar-refractivity contribution in [3.63, 3.8) is 0 Å². The summed E-state index contributed by atoms with van der Waals surface area (Å²) in [7, 11) is 1.95. The molecular formula is C27H30ClNO4. The van der Waals surface area contributed by atoms with Crippen molar-refractivity contribution in [2.24, 2.45) is 13.0 Å². The standard InChI is InChI=1S/C27H30ClNO4/c1-18(16-26(32)33)15-25(31)27-21-17-20(28)13-14-22(21)29(2)23(27)11-7-4-8-12-24(30)19-9-5-3-6-10-19/h3,5-6,9-10,13-14,17-18H,4,7-8,11-12,15-16H2,1-2H3,(H,32,33)/t18-/m0/s1. The molecule has 0 bridgehead atoms. The number of nitrogens with zero attached hydrogens (tertiary/aromatic N) is 1. The third kappa shape index (κ3) is 6.32. The number of halogens is 1. The fourth-order valence-corrected chi connectivity index (χ4v) is 4.56. The van der Waals surface area contributed by atoms with Gasteiger partial charge >= 0.3 is 5.97 Å². The molecule has 33 heavy (non-hydrogen) atoms. The molecule has 1 heterocycles. The summed E-state index contributed by atoms with van der Waals surface area (Å²) < 4.78 is 2.04. The molecule has 0 unspecified atom stereocenters. The van der Waals surface area contributed by atoms with Gasteiger partial charge in [0.1, 0.15) is 0 Å². The lowest BCUT2D eigenvalue weighted by atomic mass is 9.94. The SMILES string of the molecule is C[C@H](CC(=O)O)CC(=O)c1c(CCCCCC(=O)c2ccccc2)n(C)c2ccc(Cl)cc12. The van der Waals surface area contributed by atoms with Gasteiger partial charge in [0.15, 0.2) is 11.6 Å². The van der Waals surface area contributed by atoms with E-state index in [0.717, 1.165) is 41.4 Å². The number of carbonyl (C=O) groups is 3. The minimum absolute atomic E-state index is 0.0396. The van der Waals surface area contributed by atoms with Gasteiger partial charge in [0.2, 0.25) is 0 Å². The summed E-state index contributed by atoms with van der Waals surface area (Å²) in [6, 6.07) is 14.9. The molecule has 1 atom stereocenters. The van der Waals surface area contributed by atoms with Gasteiger partial charge in [-0.2, -0.15) is 0 Å². The molecule has 0 aliphatic heterocycles. The molecule has 5 nitrogen and oxygen atoms in total. The highest BCUT2D eigenvalue weighted by Gasteiger charge is 2.23. The first-order valence-corrected chi connectivity index (χ1v) is 11.8. The molecule has 0 saturated heterocycles. The monoisotopic (exact) mass is 467 g/mol. The Hall–Kier alpha value is -2.92. The van der Waals surface area contributed by atoms with Crippen LogP contribution in [-0.2, 0) is 18.3 Å². The number of rotatable bonds is 12. The molecule has 0 amide bonds. The lowest BCUT2D eigenvalue weighted by molar-refractivity contribution is -0.137. The number of benzene rings is 2. The zero-order chi connectivity index (χ0) is 24.0. The van der Waals surface area contributed by atoms with Crippen molar-refractivity contribution in [3.05, 3.63) is 70.4 Å². The van der Waals surface area contributed by atoms with Crippen molar-refractivity contribution in [3.8, 4) is 0 Å². The Morgan fingerprint density at radius 1 is 0.970 bits per heavy atom. The first-order chi connectivity index (χ1) is 15.8. The molecule has 3 rings (SSSR count). The molecule has 6 heteroatoms. The van der Waals surface area contributed by atoms with E-state index in [-0.39, 0.29) is 30.3 Å². The predicted octanol–water partition coefficient (Wildman–Crippen LogP) is 6.50. The summed E-state index contributed by atoms with van der Waals surface area (Å²) in [6.07, 6.45) is 3.87. The maximum atomic E-state index is 13.2. The van der Waals surface area contributed by atoms with Crippen molar-refractivity contribution >= 4 is 40.0 Å². The Kier molecular flexibility index (Phi) is 8.45. The zero-order valence-electron chi connectivity index (χ0n) is 19.1. The van der Waals surface area contributed by atoms with Crippen LogP contribution in [0.25, 0.3) is 10.9 Å². The average molecular weight is 468 g/mol. The number of ketones is 2. The van der Waals surface area contributed by atoms with Crippen LogP contribution in [0.3, 0.4) is 0 Å². The maximum absolute atomic E-state index is 13.2. The normalized spacial score (nSPS) is 12.1. The molecule has 174 valence electrons. The number of aromatic nitrogens is 1. The molecule has 1 aromatic heterocycles. The fourth-order valence-electron chi connectivity index (χ4n) is 4.39. The third-order valence-electron chi connectivity index (χ3n) is 6.03. The topological polar surface area (TPSA) is 76.4 Å². The minimum Gasteiger partial charge on any atom is -0.481 e. The number of hydrogen-bond donors (Lipinski definition) is 1. The van der Waals surface area contributed by atoms with Crippen molar-refractivity contribution in [1.82, 2.24) is 4.57 Å². The number of carboxylic acid groups (broad SMARTS) is 1. The van der Waals surface area contributed by atoms with E-state index in [1.807, 2.05) is 60.1 Å². The van der Waals surface area contributed by atoms with Gasteiger partial charge in [-0.3, -0.25) is 14.4 Å². The van der Waals surface area contributed by atoms with Gasteiger partial charge in [-0.1, -0.05) is 55.3 Å². The van der Waals surface area contributed by atoms with E-state index in [0.29, 0.717) is 23.4 Å². The Morgan fingerprint density at radius 3 is 2.39 bits per heavy atom. The molecule has 0 fully saturated rings. The van der Waals surface area contributed by atoms with Gasteiger partial charge in [0, 0.05) is 59.1 Å². The lowest BCUT2D eigenvalue weighted by Crippen LogP contribution is -2.12. The van der Waals surface area contributed by atoms with E-state index >= 15 is 0 Å². The van der Waals surface area contributed by atoms with Gasteiger partial charge < -0.3 is 9.67 Å². The second-order valence-corrected chi connectivity index (χ2v) is 9.16. The van der Waals surface area contributed by atoms with Crippen LogP contribution in [0.15, 0.2) is 48.5 Å². The summed E-state index contributed by atoms with van der Waals surface area (Å²) >= 11 is 6.23. The van der Waals surface area contributed by atoms with Gasteiger partial charge in [-0.15, -0.1) is 0 Å². The molecular weight excluding hydrogens is 438 g/mol. The number of fused-ring (bicyclic) bond motifs is 1. The van der Waals surface area contributed by atoms with Crippen molar-refractivity contribution < 1.29 is 19.5 Å². The van der Waals surface area contributed by atoms with Crippen molar-refractivity contribution in [2.45, 2.75) is 51.9 Å². The van der Waals surface area contributed by atoms with Crippen LogP contribution in [0, 0.1) is 5.92 Å². The average Bonchev–Trinajstić information content (AvgIpc) is 3.04. The number of aryl methyl sites for hydroxylation is 1. The van der Waals surface area contributed by atoms with Crippen LogP contribution < -0.4 is 0 Å². The number of hydrogen-bond acceptors (Lipinski definition) is 3. The van der Waals surface area contributed by atoms with Gasteiger partial charge in [-0.25, -0.2) is 0 Å². The number of aliphatic carboxylic acids is 1. The Labute approximate surface area is 199 Å². The summed E-state index contributed by atoms with van der Waals surface area (Å²) in [5.74, 6) is -1.05. The summed E-state index contributed by atoms with van der Waals surface area (Å²) in [5, 5.41) is 10.4. The van der Waals surface area contributed by atoms with Gasteiger partial charge in [0.25, 0.3) is 0 Å². The van der Waals surface area contributed by atoms with E-state index in [1.165, 1.54) is 0 Å². The van der Waals surface area contributed by atoms with Crippen molar-refractivity contribution in [1.29, 1.82) is 0 Å². The van der Waals surface area contributed by atoms with Crippen LogP contribution in [0.2, 0.25) is 5.02 Å². The number of unbranched alkanes of at least 4 members (excludes halogenated alkanes) is 2. The molecule has 0 saturated carbocycles. The second-order valence-electron chi connectivity index (χ2n) is 8.72. The zero-order valence-corrected chi connectivity index (χ0v) is 19.9. The van der Waals surface area contributed by atoms with Gasteiger partial charge in [0.05, 0.1) is 0 Å².